The van der Waals surface area contributed by atoms with E-state index < -0.39 is 0 Å². The molecule has 1 atom stereocenters. The van der Waals surface area contributed by atoms with Crippen LogP contribution in [0.4, 0.5) is 0 Å². The number of thioether (sulfide) groups is 1. The fourth-order valence-electron chi connectivity index (χ4n) is 3.10. The SMILES string of the molecule is CSCC[C@H](NC(=O)c1ccn2nnnc2c1)c1nc2ccccc2n1C. The Morgan fingerprint density at radius 1 is 1.30 bits per heavy atom. The summed E-state index contributed by atoms with van der Waals surface area (Å²) in [6.07, 6.45) is 4.52. The van der Waals surface area contributed by atoms with Gasteiger partial charge >= 0.3 is 0 Å². The molecule has 1 aromatic carbocycles. The van der Waals surface area contributed by atoms with Gasteiger partial charge in [-0.15, -0.1) is 5.10 Å². The lowest BCUT2D eigenvalue weighted by molar-refractivity contribution is 0.0933. The molecule has 0 fully saturated rings. The number of nitrogens with one attached hydrogen (secondary N) is 1. The van der Waals surface area contributed by atoms with Crippen LogP contribution in [0.2, 0.25) is 0 Å². The maximum absolute atomic E-state index is 12.9. The van der Waals surface area contributed by atoms with Crippen molar-refractivity contribution in [2.45, 2.75) is 12.5 Å². The van der Waals surface area contributed by atoms with Crippen LogP contribution in [0.1, 0.15) is 28.6 Å². The zero-order valence-electron chi connectivity index (χ0n) is 15.0. The lowest BCUT2D eigenvalue weighted by Crippen LogP contribution is -2.31. The molecule has 27 heavy (non-hydrogen) atoms. The number of aromatic nitrogens is 6. The lowest BCUT2D eigenvalue weighted by Gasteiger charge is -2.18. The Bertz CT molecular complexity index is 1100. The predicted molar refractivity (Wildman–Crippen MR) is 105 cm³/mol. The van der Waals surface area contributed by atoms with Crippen LogP contribution in [-0.4, -0.2) is 47.5 Å². The van der Waals surface area contributed by atoms with Crippen LogP contribution in [-0.2, 0) is 7.05 Å². The minimum Gasteiger partial charge on any atom is -0.342 e. The van der Waals surface area contributed by atoms with Crippen molar-refractivity contribution in [2.24, 2.45) is 7.05 Å². The highest BCUT2D eigenvalue weighted by Crippen LogP contribution is 2.23. The molecule has 0 bridgehead atoms. The van der Waals surface area contributed by atoms with Crippen LogP contribution in [0.5, 0.6) is 0 Å². The smallest absolute Gasteiger partial charge is 0.252 e. The fraction of sp³-hybridized carbons (Fsp3) is 0.278. The average molecular weight is 381 g/mol. The highest BCUT2D eigenvalue weighted by molar-refractivity contribution is 7.98. The summed E-state index contributed by atoms with van der Waals surface area (Å²) in [5, 5.41) is 14.4. The highest BCUT2D eigenvalue weighted by atomic mass is 32.2. The number of tetrazole rings is 1. The molecular weight excluding hydrogens is 362 g/mol. The van der Waals surface area contributed by atoms with E-state index in [0.717, 1.165) is 29.0 Å². The standard InChI is InChI=1S/C18H19N7OS/c1-24-15-6-4-3-5-13(15)19-17(24)14(8-10-27-2)20-18(26)12-7-9-25-16(11-12)21-22-23-25/h3-7,9,11,14H,8,10H2,1-2H3,(H,20,26)/t14-/m0/s1. The van der Waals surface area contributed by atoms with E-state index in [9.17, 15) is 4.79 Å². The molecule has 0 saturated heterocycles. The van der Waals surface area contributed by atoms with Crippen molar-refractivity contribution >= 4 is 34.3 Å². The van der Waals surface area contributed by atoms with Crippen molar-refractivity contribution in [2.75, 3.05) is 12.0 Å². The van der Waals surface area contributed by atoms with Gasteiger partial charge in [0.15, 0.2) is 5.65 Å². The third-order valence-electron chi connectivity index (χ3n) is 4.51. The molecule has 138 valence electrons. The molecule has 4 rings (SSSR count). The molecule has 3 heterocycles. The Hall–Kier alpha value is -2.94. The fourth-order valence-corrected chi connectivity index (χ4v) is 3.57. The second-order valence-electron chi connectivity index (χ2n) is 6.22. The van der Waals surface area contributed by atoms with Crippen molar-refractivity contribution in [3.8, 4) is 0 Å². The molecule has 9 heteroatoms. The second kappa shape index (κ2) is 7.36. The summed E-state index contributed by atoms with van der Waals surface area (Å²) in [6, 6.07) is 11.2. The predicted octanol–water partition coefficient (Wildman–Crippen LogP) is 2.24. The van der Waals surface area contributed by atoms with E-state index in [1.165, 1.54) is 4.52 Å². The molecule has 0 aliphatic heterocycles. The Balaban J connectivity index is 1.64. The number of carbonyl (C=O) groups is 1. The number of hydrogen-bond donors (Lipinski definition) is 1. The van der Waals surface area contributed by atoms with Crippen LogP contribution in [0, 0.1) is 0 Å². The topological polar surface area (TPSA) is 90.0 Å². The van der Waals surface area contributed by atoms with E-state index in [2.05, 4.69) is 27.1 Å². The molecular formula is C18H19N7OS. The van der Waals surface area contributed by atoms with E-state index in [1.54, 1.807) is 30.1 Å². The summed E-state index contributed by atoms with van der Waals surface area (Å²) in [6.45, 7) is 0. The Morgan fingerprint density at radius 3 is 2.96 bits per heavy atom. The summed E-state index contributed by atoms with van der Waals surface area (Å²) in [5.41, 5.74) is 3.03. The van der Waals surface area contributed by atoms with Gasteiger partial charge in [-0.05, 0) is 53.1 Å². The normalized spacial score (nSPS) is 12.5. The largest absolute Gasteiger partial charge is 0.342 e. The molecule has 0 radical (unpaired) electrons. The second-order valence-corrected chi connectivity index (χ2v) is 7.21. The van der Waals surface area contributed by atoms with Crippen LogP contribution in [0.15, 0.2) is 42.6 Å². The minimum absolute atomic E-state index is 0.168. The van der Waals surface area contributed by atoms with Crippen molar-refractivity contribution in [1.82, 2.24) is 34.9 Å². The molecule has 1 amide bonds. The third kappa shape index (κ3) is 3.37. The molecule has 3 aromatic heterocycles. The number of amides is 1. The maximum atomic E-state index is 12.9. The average Bonchev–Trinajstić information content (AvgIpc) is 3.29. The maximum Gasteiger partial charge on any atom is 0.252 e. The molecule has 0 aliphatic rings. The first-order valence-corrected chi connectivity index (χ1v) is 9.95. The zero-order valence-corrected chi connectivity index (χ0v) is 15.8. The summed E-state index contributed by atoms with van der Waals surface area (Å²) < 4.78 is 3.57. The van der Waals surface area contributed by atoms with Gasteiger partial charge < -0.3 is 9.88 Å². The molecule has 4 aromatic rings. The first kappa shape index (κ1) is 17.5. The summed E-state index contributed by atoms with van der Waals surface area (Å²) >= 11 is 1.75. The van der Waals surface area contributed by atoms with Crippen LogP contribution < -0.4 is 5.32 Å². The number of rotatable bonds is 6. The number of aryl methyl sites for hydroxylation is 1. The van der Waals surface area contributed by atoms with Gasteiger partial charge in [-0.25, -0.2) is 9.50 Å². The van der Waals surface area contributed by atoms with Gasteiger partial charge in [0, 0.05) is 18.8 Å². The van der Waals surface area contributed by atoms with Gasteiger partial charge in [-0.3, -0.25) is 4.79 Å². The first-order chi connectivity index (χ1) is 13.2. The van der Waals surface area contributed by atoms with E-state index in [4.69, 9.17) is 4.98 Å². The number of para-hydroxylation sites is 2. The summed E-state index contributed by atoms with van der Waals surface area (Å²) in [4.78, 5) is 17.6. The van der Waals surface area contributed by atoms with Crippen LogP contribution in [0.25, 0.3) is 16.7 Å². The number of pyridine rings is 1. The van der Waals surface area contributed by atoms with E-state index in [0.29, 0.717) is 11.2 Å². The van der Waals surface area contributed by atoms with Crippen molar-refractivity contribution in [3.05, 3.63) is 54.0 Å². The van der Waals surface area contributed by atoms with Gasteiger partial charge in [-0.1, -0.05) is 12.1 Å². The van der Waals surface area contributed by atoms with Gasteiger partial charge in [0.2, 0.25) is 0 Å². The van der Waals surface area contributed by atoms with E-state index in [1.807, 2.05) is 35.9 Å². The highest BCUT2D eigenvalue weighted by Gasteiger charge is 2.21. The van der Waals surface area contributed by atoms with Gasteiger partial charge in [0.25, 0.3) is 5.91 Å². The lowest BCUT2D eigenvalue weighted by atomic mass is 10.1. The zero-order chi connectivity index (χ0) is 18.8. The van der Waals surface area contributed by atoms with Gasteiger partial charge in [-0.2, -0.15) is 11.8 Å². The van der Waals surface area contributed by atoms with Crippen LogP contribution >= 0.6 is 11.8 Å². The summed E-state index contributed by atoms with van der Waals surface area (Å²) in [7, 11) is 1.98. The molecule has 8 nitrogen and oxygen atoms in total. The van der Waals surface area contributed by atoms with Gasteiger partial charge in [0.05, 0.1) is 17.1 Å². The van der Waals surface area contributed by atoms with E-state index in [-0.39, 0.29) is 11.9 Å². The monoisotopic (exact) mass is 381 g/mol. The Labute approximate surface area is 160 Å². The van der Waals surface area contributed by atoms with Crippen molar-refractivity contribution in [3.63, 3.8) is 0 Å². The Kier molecular flexibility index (Phi) is 4.76. The van der Waals surface area contributed by atoms with E-state index >= 15 is 0 Å². The van der Waals surface area contributed by atoms with Crippen LogP contribution in [0.3, 0.4) is 0 Å². The first-order valence-electron chi connectivity index (χ1n) is 8.56. The Morgan fingerprint density at radius 2 is 2.15 bits per heavy atom. The van der Waals surface area contributed by atoms with Crippen molar-refractivity contribution in [1.29, 1.82) is 0 Å². The molecule has 0 spiro atoms. The van der Waals surface area contributed by atoms with Crippen molar-refractivity contribution < 1.29 is 4.79 Å². The quantitative estimate of drug-likeness (QED) is 0.551. The molecule has 0 aliphatic carbocycles. The molecule has 0 saturated carbocycles. The number of nitrogens with zero attached hydrogens (tertiary/aromatic N) is 6. The third-order valence-corrected chi connectivity index (χ3v) is 5.15. The summed E-state index contributed by atoms with van der Waals surface area (Å²) in [5.74, 6) is 1.60. The molecule has 0 unspecified atom stereocenters. The molecule has 1 N–H and O–H groups in total. The number of carbonyl (C=O) groups excluding carboxylic acids is 1. The number of hydrogen-bond acceptors (Lipinski definition) is 6. The number of imidazole rings is 1. The van der Waals surface area contributed by atoms with Gasteiger partial charge in [0.1, 0.15) is 5.82 Å². The number of fused-ring (bicyclic) bond motifs is 2. The minimum atomic E-state index is -0.186. The number of benzene rings is 1.